The lowest BCUT2D eigenvalue weighted by Gasteiger charge is -2.09. The Balaban J connectivity index is 1.93. The highest BCUT2D eigenvalue weighted by Crippen LogP contribution is 2.31. The van der Waals surface area contributed by atoms with Gasteiger partial charge in [-0.25, -0.2) is 9.66 Å². The summed E-state index contributed by atoms with van der Waals surface area (Å²) in [5.74, 6) is 0.0922. The number of alkyl halides is 3. The molecule has 0 bridgehead atoms. The molecule has 0 saturated carbocycles. The molecule has 4 nitrogen and oxygen atoms in total. The van der Waals surface area contributed by atoms with Crippen LogP contribution in [0.4, 0.5) is 19.1 Å². The van der Waals surface area contributed by atoms with Crippen molar-refractivity contribution in [3.63, 3.8) is 0 Å². The summed E-state index contributed by atoms with van der Waals surface area (Å²) >= 11 is 0. The van der Waals surface area contributed by atoms with Crippen LogP contribution in [0.25, 0.3) is 11.3 Å². The molecule has 0 aliphatic heterocycles. The molecule has 1 heterocycles. The molecule has 2 N–H and O–H groups in total. The van der Waals surface area contributed by atoms with E-state index in [-0.39, 0.29) is 11.5 Å². The summed E-state index contributed by atoms with van der Waals surface area (Å²) in [4.78, 5) is 4.17. The Morgan fingerprint density at radius 2 is 1.67 bits per heavy atom. The summed E-state index contributed by atoms with van der Waals surface area (Å²) in [6.07, 6.45) is -1.76. The number of aromatic nitrogens is 2. The summed E-state index contributed by atoms with van der Waals surface area (Å²) in [5.41, 5.74) is 6.42. The molecular weight excluding hydrogens is 317 g/mol. The van der Waals surface area contributed by atoms with Gasteiger partial charge in [0, 0.05) is 11.1 Å². The lowest BCUT2D eigenvalue weighted by molar-refractivity contribution is -0.137. The highest BCUT2D eigenvalue weighted by molar-refractivity contribution is 5.82. The van der Waals surface area contributed by atoms with E-state index in [1.165, 1.54) is 22.9 Å². The number of benzene rings is 2. The monoisotopic (exact) mass is 330 g/mol. The second-order valence-electron chi connectivity index (χ2n) is 5.02. The third-order valence-corrected chi connectivity index (χ3v) is 3.37. The van der Waals surface area contributed by atoms with Crippen LogP contribution in [0, 0.1) is 0 Å². The van der Waals surface area contributed by atoms with Crippen molar-refractivity contribution in [3.8, 4) is 11.3 Å². The van der Waals surface area contributed by atoms with Crippen molar-refractivity contribution in [2.45, 2.75) is 6.18 Å². The quantitative estimate of drug-likeness (QED) is 0.737. The molecular formula is C17H13F3N4. The zero-order chi connectivity index (χ0) is 17.2. The number of nitrogens with zero attached hydrogens (tertiary/aromatic N) is 3. The molecule has 0 radical (unpaired) electrons. The smallest absolute Gasteiger partial charge is 0.368 e. The molecule has 3 rings (SSSR count). The molecule has 0 atom stereocenters. The van der Waals surface area contributed by atoms with Crippen LogP contribution in [-0.4, -0.2) is 15.9 Å². The average molecular weight is 330 g/mol. The first-order valence-electron chi connectivity index (χ1n) is 7.06. The maximum Gasteiger partial charge on any atom is 0.417 e. The zero-order valence-electron chi connectivity index (χ0n) is 12.4. The van der Waals surface area contributed by atoms with E-state index in [1.54, 1.807) is 6.20 Å². The van der Waals surface area contributed by atoms with Gasteiger partial charge in [0.25, 0.3) is 0 Å². The maximum absolute atomic E-state index is 13.0. The van der Waals surface area contributed by atoms with Crippen molar-refractivity contribution in [2.24, 2.45) is 5.10 Å². The van der Waals surface area contributed by atoms with E-state index in [0.717, 1.165) is 17.8 Å². The van der Waals surface area contributed by atoms with Crippen LogP contribution in [0.1, 0.15) is 11.1 Å². The average Bonchev–Trinajstić information content (AvgIpc) is 2.94. The van der Waals surface area contributed by atoms with Gasteiger partial charge >= 0.3 is 6.18 Å². The van der Waals surface area contributed by atoms with Crippen LogP contribution in [0.15, 0.2) is 65.9 Å². The van der Waals surface area contributed by atoms with Gasteiger partial charge in [0.1, 0.15) is 0 Å². The number of halogens is 3. The Morgan fingerprint density at radius 3 is 2.38 bits per heavy atom. The fourth-order valence-electron chi connectivity index (χ4n) is 2.22. The Morgan fingerprint density at radius 1 is 1.00 bits per heavy atom. The summed E-state index contributed by atoms with van der Waals surface area (Å²) in [6.45, 7) is 0. The first kappa shape index (κ1) is 15.8. The van der Waals surface area contributed by atoms with Gasteiger partial charge in [-0.05, 0) is 6.07 Å². The second-order valence-corrected chi connectivity index (χ2v) is 5.02. The highest BCUT2D eigenvalue weighted by atomic mass is 19.4. The molecule has 0 aliphatic carbocycles. The Kier molecular flexibility index (Phi) is 4.07. The summed E-state index contributed by atoms with van der Waals surface area (Å²) in [5, 5.41) is 4.00. The second kappa shape index (κ2) is 6.19. The lowest BCUT2D eigenvalue weighted by Crippen LogP contribution is -2.09. The standard InChI is InChI=1S/C17H13F3N4/c18-17(19,20)14-9-5-4-8-13(14)10-22-24-11-15(23-16(24)21)12-6-2-1-3-7-12/h1-11H,(H2,21,23)/b22-10+. The van der Waals surface area contributed by atoms with Gasteiger partial charge in [0.05, 0.1) is 23.7 Å². The van der Waals surface area contributed by atoms with Crippen molar-refractivity contribution in [3.05, 3.63) is 71.9 Å². The van der Waals surface area contributed by atoms with E-state index in [2.05, 4.69) is 10.1 Å². The summed E-state index contributed by atoms with van der Waals surface area (Å²) < 4.78 is 40.2. The van der Waals surface area contributed by atoms with E-state index < -0.39 is 11.7 Å². The predicted octanol–water partition coefficient (Wildman–Crippen LogP) is 4.03. The van der Waals surface area contributed by atoms with Crippen molar-refractivity contribution < 1.29 is 13.2 Å². The van der Waals surface area contributed by atoms with E-state index in [4.69, 9.17) is 5.73 Å². The summed E-state index contributed by atoms with van der Waals surface area (Å²) in [6, 6.07) is 14.5. The maximum atomic E-state index is 13.0. The molecule has 0 amide bonds. The van der Waals surface area contributed by atoms with Crippen molar-refractivity contribution >= 4 is 12.2 Å². The minimum absolute atomic E-state index is 0.0423. The van der Waals surface area contributed by atoms with E-state index in [0.29, 0.717) is 5.69 Å². The minimum atomic E-state index is -4.45. The van der Waals surface area contributed by atoms with E-state index >= 15 is 0 Å². The van der Waals surface area contributed by atoms with Crippen molar-refractivity contribution in [2.75, 3.05) is 5.73 Å². The number of imidazole rings is 1. The SMILES string of the molecule is Nc1nc(-c2ccccc2)cn1/N=C/c1ccccc1C(F)(F)F. The lowest BCUT2D eigenvalue weighted by atomic mass is 10.1. The van der Waals surface area contributed by atoms with Gasteiger partial charge in [0.15, 0.2) is 0 Å². The molecule has 0 spiro atoms. The number of hydrogen-bond acceptors (Lipinski definition) is 3. The molecule has 7 heteroatoms. The van der Waals surface area contributed by atoms with Gasteiger partial charge < -0.3 is 5.73 Å². The Hall–Kier alpha value is -3.09. The number of anilines is 1. The molecule has 1 aromatic heterocycles. The third-order valence-electron chi connectivity index (χ3n) is 3.37. The molecule has 0 aliphatic rings. The van der Waals surface area contributed by atoms with Gasteiger partial charge in [-0.1, -0.05) is 48.5 Å². The van der Waals surface area contributed by atoms with E-state index in [9.17, 15) is 13.2 Å². The van der Waals surface area contributed by atoms with Gasteiger partial charge in [-0.2, -0.15) is 18.3 Å². The molecule has 0 fully saturated rings. The van der Waals surface area contributed by atoms with Gasteiger partial charge in [-0.15, -0.1) is 0 Å². The van der Waals surface area contributed by atoms with Gasteiger partial charge in [0.2, 0.25) is 5.95 Å². The van der Waals surface area contributed by atoms with Crippen LogP contribution in [0.3, 0.4) is 0 Å². The van der Waals surface area contributed by atoms with Crippen molar-refractivity contribution in [1.29, 1.82) is 0 Å². The van der Waals surface area contributed by atoms with Crippen LogP contribution in [0.5, 0.6) is 0 Å². The van der Waals surface area contributed by atoms with E-state index in [1.807, 2.05) is 30.3 Å². The molecule has 24 heavy (non-hydrogen) atoms. The van der Waals surface area contributed by atoms with Crippen LogP contribution in [-0.2, 0) is 6.18 Å². The first-order valence-corrected chi connectivity index (χ1v) is 7.06. The normalized spacial score (nSPS) is 12.0. The number of nitrogen functional groups attached to an aromatic ring is 1. The van der Waals surface area contributed by atoms with Crippen LogP contribution >= 0.6 is 0 Å². The Bertz CT molecular complexity index is 867. The molecule has 2 aromatic carbocycles. The number of nitrogens with two attached hydrogens (primary N) is 1. The Labute approximate surface area is 136 Å². The highest BCUT2D eigenvalue weighted by Gasteiger charge is 2.32. The number of hydrogen-bond donors (Lipinski definition) is 1. The zero-order valence-corrected chi connectivity index (χ0v) is 12.4. The van der Waals surface area contributed by atoms with Crippen molar-refractivity contribution in [1.82, 2.24) is 9.66 Å². The topological polar surface area (TPSA) is 56.2 Å². The predicted molar refractivity (Wildman–Crippen MR) is 86.5 cm³/mol. The minimum Gasteiger partial charge on any atom is -0.368 e. The van der Waals surface area contributed by atoms with Crippen LogP contribution < -0.4 is 5.73 Å². The largest absolute Gasteiger partial charge is 0.417 e. The fraction of sp³-hybridized carbons (Fsp3) is 0.0588. The van der Waals surface area contributed by atoms with Gasteiger partial charge in [-0.3, -0.25) is 0 Å². The number of rotatable bonds is 3. The fourth-order valence-corrected chi connectivity index (χ4v) is 2.22. The molecule has 122 valence electrons. The molecule has 0 unspecified atom stereocenters. The molecule has 0 saturated heterocycles. The summed E-state index contributed by atoms with van der Waals surface area (Å²) in [7, 11) is 0. The van der Waals surface area contributed by atoms with Crippen LogP contribution in [0.2, 0.25) is 0 Å². The third kappa shape index (κ3) is 3.29. The first-order chi connectivity index (χ1) is 11.4. The molecule has 3 aromatic rings.